The van der Waals surface area contributed by atoms with E-state index in [1.807, 2.05) is 55.5 Å². The molecule has 0 bridgehead atoms. The van der Waals surface area contributed by atoms with E-state index in [2.05, 4.69) is 10.5 Å². The van der Waals surface area contributed by atoms with E-state index < -0.39 is 15.9 Å². The monoisotopic (exact) mass is 591 g/mol. The largest absolute Gasteiger partial charge is 0.490 e. The second-order valence-corrected chi connectivity index (χ2v) is 11.4. The fourth-order valence-electron chi connectivity index (χ4n) is 3.94. The van der Waals surface area contributed by atoms with Crippen molar-refractivity contribution in [3.05, 3.63) is 124 Å². The summed E-state index contributed by atoms with van der Waals surface area (Å²) in [5.74, 6) is 0.683. The number of nitrogens with zero attached hydrogens (tertiary/aromatic N) is 2. The Kier molecular flexibility index (Phi) is 10.00. The van der Waals surface area contributed by atoms with E-state index in [4.69, 9.17) is 21.1 Å². The van der Waals surface area contributed by atoms with Crippen LogP contribution in [0, 0.1) is 0 Å². The Morgan fingerprint density at radius 1 is 0.902 bits per heavy atom. The lowest BCUT2D eigenvalue weighted by Gasteiger charge is -2.22. The van der Waals surface area contributed by atoms with E-state index >= 15 is 0 Å². The van der Waals surface area contributed by atoms with Gasteiger partial charge in [0.15, 0.2) is 11.5 Å². The lowest BCUT2D eigenvalue weighted by Crippen LogP contribution is -2.29. The molecule has 1 N–H and O–H groups in total. The van der Waals surface area contributed by atoms with Gasteiger partial charge in [-0.2, -0.15) is 5.10 Å². The molecule has 212 valence electrons. The van der Waals surface area contributed by atoms with E-state index in [-0.39, 0.29) is 6.54 Å². The molecule has 41 heavy (non-hydrogen) atoms. The van der Waals surface area contributed by atoms with Crippen LogP contribution in [0.25, 0.3) is 0 Å². The normalized spacial score (nSPS) is 11.3. The average Bonchev–Trinajstić information content (AvgIpc) is 2.96. The summed E-state index contributed by atoms with van der Waals surface area (Å²) in [4.78, 5) is 12.7. The first-order chi connectivity index (χ1) is 19.7. The third-order valence-electron chi connectivity index (χ3n) is 5.92. The molecular weight excluding hydrogens is 562 g/mol. The van der Waals surface area contributed by atoms with Gasteiger partial charge in [0.2, 0.25) is 10.0 Å². The number of amides is 1. The molecule has 0 saturated heterocycles. The summed E-state index contributed by atoms with van der Waals surface area (Å²) < 4.78 is 37.8. The highest BCUT2D eigenvalue weighted by molar-refractivity contribution is 7.92. The van der Waals surface area contributed by atoms with Gasteiger partial charge in [-0.1, -0.05) is 54.1 Å². The van der Waals surface area contributed by atoms with Crippen LogP contribution in [0.3, 0.4) is 0 Å². The fraction of sp³-hybridized carbons (Fsp3) is 0.161. The topological polar surface area (TPSA) is 97.3 Å². The van der Waals surface area contributed by atoms with E-state index in [1.54, 1.807) is 48.5 Å². The van der Waals surface area contributed by atoms with Gasteiger partial charge < -0.3 is 9.47 Å². The van der Waals surface area contributed by atoms with Crippen LogP contribution in [0.4, 0.5) is 5.69 Å². The number of rotatable bonds is 12. The SMILES string of the molecule is CCOc1cc(/C=N\NC(=O)c2ccc(N(Cc3ccccc3)S(C)(=O)=O)cc2)ccc1OCc1cccc(Cl)c1. The highest BCUT2D eigenvalue weighted by atomic mass is 35.5. The summed E-state index contributed by atoms with van der Waals surface area (Å²) in [5.41, 5.74) is 5.77. The number of hydrogen-bond acceptors (Lipinski definition) is 6. The Morgan fingerprint density at radius 2 is 1.63 bits per heavy atom. The average molecular weight is 592 g/mol. The van der Waals surface area contributed by atoms with Crippen molar-refractivity contribution in [1.82, 2.24) is 5.43 Å². The Labute approximate surface area is 245 Å². The van der Waals surface area contributed by atoms with Crippen molar-refractivity contribution in [1.29, 1.82) is 0 Å². The van der Waals surface area contributed by atoms with Gasteiger partial charge >= 0.3 is 0 Å². The Bertz CT molecular complexity index is 1610. The zero-order valence-corrected chi connectivity index (χ0v) is 24.2. The van der Waals surface area contributed by atoms with Crippen molar-refractivity contribution in [3.63, 3.8) is 0 Å². The van der Waals surface area contributed by atoms with Gasteiger partial charge in [-0.15, -0.1) is 0 Å². The van der Waals surface area contributed by atoms with Crippen LogP contribution in [0.15, 0.2) is 102 Å². The second-order valence-electron chi connectivity index (χ2n) is 9.06. The Hall–Kier alpha value is -4.34. The Balaban J connectivity index is 1.39. The number of ether oxygens (including phenoxy) is 2. The van der Waals surface area contributed by atoms with Crippen molar-refractivity contribution < 1.29 is 22.7 Å². The molecule has 4 aromatic rings. The highest BCUT2D eigenvalue weighted by Crippen LogP contribution is 2.29. The van der Waals surface area contributed by atoms with Gasteiger partial charge in [0, 0.05) is 10.6 Å². The van der Waals surface area contributed by atoms with Crippen molar-refractivity contribution in [3.8, 4) is 11.5 Å². The van der Waals surface area contributed by atoms with Crippen LogP contribution in [0.2, 0.25) is 5.02 Å². The van der Waals surface area contributed by atoms with Crippen LogP contribution in [-0.2, 0) is 23.2 Å². The molecule has 0 aliphatic rings. The standard InChI is InChI=1S/C31H30ClN3O5S/c1-3-39-30-19-24(12-17-29(30)40-22-25-10-7-11-27(32)18-25)20-33-34-31(36)26-13-15-28(16-14-26)35(41(2,37)38)21-23-8-5-4-6-9-23/h4-20H,3,21-22H2,1-2H3,(H,34,36)/b33-20-. The molecule has 0 aromatic heterocycles. The van der Waals surface area contributed by atoms with E-state index in [0.29, 0.717) is 46.5 Å². The lowest BCUT2D eigenvalue weighted by molar-refractivity contribution is 0.0955. The van der Waals surface area contributed by atoms with Crippen LogP contribution in [-0.4, -0.2) is 33.4 Å². The van der Waals surface area contributed by atoms with Crippen LogP contribution < -0.4 is 19.2 Å². The molecule has 0 atom stereocenters. The van der Waals surface area contributed by atoms with Gasteiger partial charge in [-0.25, -0.2) is 13.8 Å². The van der Waals surface area contributed by atoms with E-state index in [1.165, 1.54) is 10.5 Å². The van der Waals surface area contributed by atoms with Crippen molar-refractivity contribution >= 4 is 39.4 Å². The van der Waals surface area contributed by atoms with Crippen LogP contribution in [0.5, 0.6) is 11.5 Å². The molecule has 8 nitrogen and oxygen atoms in total. The lowest BCUT2D eigenvalue weighted by atomic mass is 10.2. The zero-order chi connectivity index (χ0) is 29.2. The summed E-state index contributed by atoms with van der Waals surface area (Å²) in [6.07, 6.45) is 2.65. The third kappa shape index (κ3) is 8.57. The number of hydrazone groups is 1. The smallest absolute Gasteiger partial charge is 0.271 e. The fourth-order valence-corrected chi connectivity index (χ4v) is 5.04. The molecule has 0 spiro atoms. The van der Waals surface area contributed by atoms with Crippen molar-refractivity contribution in [2.45, 2.75) is 20.1 Å². The maximum absolute atomic E-state index is 12.7. The summed E-state index contributed by atoms with van der Waals surface area (Å²) >= 11 is 6.05. The van der Waals surface area contributed by atoms with Gasteiger partial charge in [0.1, 0.15) is 6.61 Å². The van der Waals surface area contributed by atoms with Gasteiger partial charge in [-0.05, 0) is 78.2 Å². The summed E-state index contributed by atoms with van der Waals surface area (Å²) in [7, 11) is -3.54. The minimum atomic E-state index is -3.54. The number of nitrogens with one attached hydrogen (secondary N) is 1. The van der Waals surface area contributed by atoms with Crippen LogP contribution in [0.1, 0.15) is 34.0 Å². The minimum absolute atomic E-state index is 0.184. The number of halogens is 1. The molecule has 0 heterocycles. The molecule has 0 fully saturated rings. The van der Waals surface area contributed by atoms with Crippen molar-refractivity contribution in [2.75, 3.05) is 17.2 Å². The zero-order valence-electron chi connectivity index (χ0n) is 22.7. The van der Waals surface area contributed by atoms with E-state index in [9.17, 15) is 13.2 Å². The van der Waals surface area contributed by atoms with Gasteiger partial charge in [-0.3, -0.25) is 9.10 Å². The summed E-state index contributed by atoms with van der Waals surface area (Å²) in [6, 6.07) is 28.4. The summed E-state index contributed by atoms with van der Waals surface area (Å²) in [5, 5.41) is 4.70. The second kappa shape index (κ2) is 13.8. The molecule has 0 unspecified atom stereocenters. The number of benzene rings is 4. The third-order valence-corrected chi connectivity index (χ3v) is 7.29. The molecule has 0 saturated carbocycles. The van der Waals surface area contributed by atoms with E-state index in [0.717, 1.165) is 17.4 Å². The number of hydrogen-bond donors (Lipinski definition) is 1. The first-order valence-electron chi connectivity index (χ1n) is 12.8. The molecule has 4 rings (SSSR count). The molecule has 4 aromatic carbocycles. The predicted octanol–water partition coefficient (Wildman–Crippen LogP) is 6.05. The molecule has 0 aliphatic carbocycles. The first-order valence-corrected chi connectivity index (χ1v) is 15.0. The van der Waals surface area contributed by atoms with Gasteiger partial charge in [0.25, 0.3) is 5.91 Å². The maximum Gasteiger partial charge on any atom is 0.271 e. The summed E-state index contributed by atoms with van der Waals surface area (Å²) in [6.45, 7) is 2.84. The Morgan fingerprint density at radius 3 is 2.32 bits per heavy atom. The van der Waals surface area contributed by atoms with Crippen LogP contribution >= 0.6 is 11.6 Å². The number of sulfonamides is 1. The number of anilines is 1. The number of carbonyl (C=O) groups is 1. The predicted molar refractivity (Wildman–Crippen MR) is 162 cm³/mol. The molecule has 10 heteroatoms. The molecule has 0 aliphatic heterocycles. The minimum Gasteiger partial charge on any atom is -0.490 e. The first kappa shape index (κ1) is 29.6. The maximum atomic E-state index is 12.7. The quantitative estimate of drug-likeness (QED) is 0.160. The molecular formula is C31H30ClN3O5S. The highest BCUT2D eigenvalue weighted by Gasteiger charge is 2.18. The van der Waals surface area contributed by atoms with Crippen molar-refractivity contribution in [2.24, 2.45) is 5.10 Å². The molecule has 1 amide bonds. The van der Waals surface area contributed by atoms with Gasteiger partial charge in [0.05, 0.1) is 31.3 Å². The number of carbonyl (C=O) groups excluding carboxylic acids is 1. The molecule has 0 radical (unpaired) electrons.